The zero-order valence-electron chi connectivity index (χ0n) is 8.37. The van der Waals surface area contributed by atoms with Gasteiger partial charge >= 0.3 is 0 Å². The van der Waals surface area contributed by atoms with Crippen molar-refractivity contribution in [1.82, 2.24) is 0 Å². The van der Waals surface area contributed by atoms with E-state index in [-0.39, 0.29) is 0 Å². The highest BCUT2D eigenvalue weighted by molar-refractivity contribution is 7.16. The van der Waals surface area contributed by atoms with Crippen LogP contribution in [0.3, 0.4) is 0 Å². The molecular weight excluding hydrogens is 214 g/mol. The quantitative estimate of drug-likeness (QED) is 0.782. The Morgan fingerprint density at radius 2 is 2.21 bits per heavy atom. The first-order valence-corrected chi connectivity index (χ1v) is 6.37. The second-order valence-electron chi connectivity index (χ2n) is 4.33. The minimum atomic E-state index is 0.334. The summed E-state index contributed by atoms with van der Waals surface area (Å²) >= 11 is 7.63. The van der Waals surface area contributed by atoms with Crippen molar-refractivity contribution < 1.29 is 0 Å². The van der Waals surface area contributed by atoms with Crippen LogP contribution in [0.1, 0.15) is 37.0 Å². The van der Waals surface area contributed by atoms with E-state index in [0.29, 0.717) is 12.0 Å². The molecule has 3 atom stereocenters. The molecule has 2 N–H and O–H groups in total. The summed E-state index contributed by atoms with van der Waals surface area (Å²) in [4.78, 5) is 1.37. The first kappa shape index (κ1) is 10.5. The van der Waals surface area contributed by atoms with Crippen LogP contribution >= 0.6 is 22.9 Å². The molecule has 1 aliphatic rings. The average Bonchev–Trinajstić information content (AvgIpc) is 2.56. The smallest absolute Gasteiger partial charge is 0.0931 e. The number of halogens is 1. The molecule has 0 spiro atoms. The van der Waals surface area contributed by atoms with E-state index in [4.69, 9.17) is 17.3 Å². The topological polar surface area (TPSA) is 26.0 Å². The summed E-state index contributed by atoms with van der Waals surface area (Å²) < 4.78 is 0.880. The molecule has 0 aromatic carbocycles. The van der Waals surface area contributed by atoms with E-state index < -0.39 is 0 Å². The maximum Gasteiger partial charge on any atom is 0.0931 e. The van der Waals surface area contributed by atoms with E-state index in [2.05, 4.69) is 13.0 Å². The Balaban J connectivity index is 2.15. The van der Waals surface area contributed by atoms with Crippen molar-refractivity contribution >= 4 is 22.9 Å². The van der Waals surface area contributed by atoms with Gasteiger partial charge in [0.1, 0.15) is 0 Å². The molecule has 1 nitrogen and oxygen atoms in total. The van der Waals surface area contributed by atoms with Crippen molar-refractivity contribution in [1.29, 1.82) is 0 Å². The molecule has 1 saturated carbocycles. The molecular formula is C11H16ClNS. The third-order valence-electron chi connectivity index (χ3n) is 3.13. The largest absolute Gasteiger partial charge is 0.327 e. The molecule has 1 fully saturated rings. The molecule has 0 aliphatic heterocycles. The molecule has 1 aromatic heterocycles. The zero-order valence-corrected chi connectivity index (χ0v) is 9.94. The summed E-state index contributed by atoms with van der Waals surface area (Å²) in [6, 6.07) is 4.45. The predicted octanol–water partition coefficient (Wildman–Crippen LogP) is 3.63. The second kappa shape index (κ2) is 4.21. The van der Waals surface area contributed by atoms with Gasteiger partial charge in [-0.2, -0.15) is 0 Å². The third-order valence-corrected chi connectivity index (χ3v) is 4.49. The molecule has 1 aliphatic carbocycles. The standard InChI is InChI=1S/C11H16ClNS/c1-7-2-3-9(13)8(6-7)10-4-5-11(12)14-10/h4-5,7-9H,2-3,6,13H2,1H3. The lowest BCUT2D eigenvalue weighted by atomic mass is 9.78. The molecule has 1 aromatic rings. The van der Waals surface area contributed by atoms with E-state index in [0.717, 1.165) is 16.7 Å². The van der Waals surface area contributed by atoms with Crippen molar-refractivity contribution in [2.75, 3.05) is 0 Å². The molecule has 2 rings (SSSR count). The Bertz CT molecular complexity index is 310. The van der Waals surface area contributed by atoms with Gasteiger partial charge in [-0.1, -0.05) is 18.5 Å². The normalized spacial score (nSPS) is 33.2. The van der Waals surface area contributed by atoms with Crippen LogP contribution in [0.2, 0.25) is 4.34 Å². The summed E-state index contributed by atoms with van der Waals surface area (Å²) in [6.07, 6.45) is 3.65. The van der Waals surface area contributed by atoms with Crippen LogP contribution in [0.15, 0.2) is 12.1 Å². The van der Waals surface area contributed by atoms with Gasteiger partial charge in [0.25, 0.3) is 0 Å². The molecule has 0 saturated heterocycles. The van der Waals surface area contributed by atoms with Gasteiger partial charge in [-0.15, -0.1) is 11.3 Å². The summed E-state index contributed by atoms with van der Waals surface area (Å²) in [5, 5.41) is 0. The van der Waals surface area contributed by atoms with Gasteiger partial charge in [0.15, 0.2) is 0 Å². The van der Waals surface area contributed by atoms with Gasteiger partial charge in [0.05, 0.1) is 4.34 Å². The highest BCUT2D eigenvalue weighted by atomic mass is 35.5. The first-order chi connectivity index (χ1) is 6.66. The Labute approximate surface area is 94.3 Å². The Morgan fingerprint density at radius 1 is 1.43 bits per heavy atom. The van der Waals surface area contributed by atoms with Crippen molar-refractivity contribution in [2.24, 2.45) is 11.7 Å². The van der Waals surface area contributed by atoms with Crippen LogP contribution in [0.25, 0.3) is 0 Å². The summed E-state index contributed by atoms with van der Waals surface area (Å²) in [7, 11) is 0. The van der Waals surface area contributed by atoms with E-state index in [9.17, 15) is 0 Å². The minimum Gasteiger partial charge on any atom is -0.327 e. The SMILES string of the molecule is CC1CCC(N)C(c2ccc(Cl)s2)C1. The van der Waals surface area contributed by atoms with Gasteiger partial charge in [0, 0.05) is 16.8 Å². The molecule has 0 bridgehead atoms. The lowest BCUT2D eigenvalue weighted by Gasteiger charge is -2.31. The Kier molecular flexibility index (Phi) is 3.15. The summed E-state index contributed by atoms with van der Waals surface area (Å²) in [5.41, 5.74) is 6.15. The number of nitrogens with two attached hydrogens (primary N) is 1. The van der Waals surface area contributed by atoms with Gasteiger partial charge in [-0.25, -0.2) is 0 Å². The van der Waals surface area contributed by atoms with Gasteiger partial charge in [-0.05, 0) is 37.3 Å². The van der Waals surface area contributed by atoms with Crippen molar-refractivity contribution in [3.8, 4) is 0 Å². The van der Waals surface area contributed by atoms with Crippen LogP contribution in [-0.4, -0.2) is 6.04 Å². The van der Waals surface area contributed by atoms with Crippen LogP contribution in [0, 0.1) is 5.92 Å². The van der Waals surface area contributed by atoms with Crippen molar-refractivity contribution in [3.05, 3.63) is 21.3 Å². The molecule has 0 amide bonds. The van der Waals surface area contributed by atoms with Gasteiger partial charge < -0.3 is 5.73 Å². The van der Waals surface area contributed by atoms with Crippen LogP contribution < -0.4 is 5.73 Å². The van der Waals surface area contributed by atoms with E-state index in [1.807, 2.05) is 6.07 Å². The molecule has 1 heterocycles. The fourth-order valence-electron chi connectivity index (χ4n) is 2.26. The maximum absolute atomic E-state index is 6.15. The number of hydrogen-bond acceptors (Lipinski definition) is 2. The van der Waals surface area contributed by atoms with Gasteiger partial charge in [0.2, 0.25) is 0 Å². The molecule has 3 unspecified atom stereocenters. The van der Waals surface area contributed by atoms with E-state index in [1.165, 1.54) is 17.7 Å². The predicted molar refractivity (Wildman–Crippen MR) is 63.1 cm³/mol. The second-order valence-corrected chi connectivity index (χ2v) is 6.08. The van der Waals surface area contributed by atoms with Crippen molar-refractivity contribution in [3.63, 3.8) is 0 Å². The zero-order chi connectivity index (χ0) is 10.1. The molecule has 14 heavy (non-hydrogen) atoms. The molecule has 3 heteroatoms. The first-order valence-electron chi connectivity index (χ1n) is 5.17. The Morgan fingerprint density at radius 3 is 2.86 bits per heavy atom. The lowest BCUT2D eigenvalue weighted by molar-refractivity contribution is 0.309. The van der Waals surface area contributed by atoms with Crippen LogP contribution in [0.4, 0.5) is 0 Å². The number of thiophene rings is 1. The minimum absolute atomic E-state index is 0.334. The summed E-state index contributed by atoms with van der Waals surface area (Å²) in [6.45, 7) is 2.31. The number of hydrogen-bond donors (Lipinski definition) is 1. The van der Waals surface area contributed by atoms with E-state index in [1.54, 1.807) is 11.3 Å². The maximum atomic E-state index is 6.15. The van der Waals surface area contributed by atoms with Crippen molar-refractivity contribution in [2.45, 2.75) is 38.1 Å². The Hall–Kier alpha value is -0.0500. The van der Waals surface area contributed by atoms with E-state index >= 15 is 0 Å². The monoisotopic (exact) mass is 229 g/mol. The summed E-state index contributed by atoms with van der Waals surface area (Å²) in [5.74, 6) is 1.34. The fourth-order valence-corrected chi connectivity index (χ4v) is 3.51. The molecule has 0 radical (unpaired) electrons. The fraction of sp³-hybridized carbons (Fsp3) is 0.636. The molecule has 78 valence electrons. The highest BCUT2D eigenvalue weighted by Gasteiger charge is 2.28. The average molecular weight is 230 g/mol. The van der Waals surface area contributed by atoms with Crippen LogP contribution in [0.5, 0.6) is 0 Å². The highest BCUT2D eigenvalue weighted by Crippen LogP contribution is 2.39. The third kappa shape index (κ3) is 2.13. The lowest BCUT2D eigenvalue weighted by Crippen LogP contribution is -2.33. The van der Waals surface area contributed by atoms with Crippen LogP contribution in [-0.2, 0) is 0 Å². The van der Waals surface area contributed by atoms with Gasteiger partial charge in [-0.3, -0.25) is 0 Å². The number of rotatable bonds is 1.